The van der Waals surface area contributed by atoms with Gasteiger partial charge in [0.2, 0.25) is 23.6 Å². The summed E-state index contributed by atoms with van der Waals surface area (Å²) in [7, 11) is 0. The van der Waals surface area contributed by atoms with Crippen molar-refractivity contribution in [3.8, 4) is 0 Å². The van der Waals surface area contributed by atoms with E-state index in [1.807, 2.05) is 11.6 Å². The van der Waals surface area contributed by atoms with E-state index < -0.39 is 66.8 Å². The fourth-order valence-corrected chi connectivity index (χ4v) is 3.03. The van der Waals surface area contributed by atoms with Gasteiger partial charge in [-0.25, -0.2) is 4.79 Å². The van der Waals surface area contributed by atoms with Crippen LogP contribution in [0.1, 0.15) is 32.1 Å². The molecule has 0 fully saturated rings. The Kier molecular flexibility index (Phi) is 15.0. The third-order valence-electron chi connectivity index (χ3n) is 4.39. The van der Waals surface area contributed by atoms with Crippen LogP contribution in [0.4, 0.5) is 0 Å². The number of thioether (sulfide) groups is 1. The van der Waals surface area contributed by atoms with Crippen LogP contribution in [0.15, 0.2) is 0 Å². The number of aliphatic hydroxyl groups is 1. The van der Waals surface area contributed by atoms with Gasteiger partial charge in [0.05, 0.1) is 19.1 Å². The number of aliphatic hydroxyl groups excluding tert-OH is 1. The Bertz CT molecular complexity index is 651. The van der Waals surface area contributed by atoms with Crippen LogP contribution >= 0.6 is 11.8 Å². The summed E-state index contributed by atoms with van der Waals surface area (Å²) in [5.74, 6) is -4.27. The lowest BCUT2D eigenvalue weighted by Crippen LogP contribution is -2.58. The van der Waals surface area contributed by atoms with E-state index in [-0.39, 0.29) is 6.42 Å². The number of nitrogens with one attached hydrogen (secondary N) is 3. The number of carbonyl (C=O) groups excluding carboxylic acids is 4. The Labute approximate surface area is 190 Å². The molecule has 32 heavy (non-hydrogen) atoms. The summed E-state index contributed by atoms with van der Waals surface area (Å²) < 4.78 is 0. The van der Waals surface area contributed by atoms with Gasteiger partial charge in [0, 0.05) is 0 Å². The van der Waals surface area contributed by atoms with E-state index in [0.29, 0.717) is 31.6 Å². The smallest absolute Gasteiger partial charge is 0.326 e. The summed E-state index contributed by atoms with van der Waals surface area (Å²) in [6.45, 7) is -0.373. The monoisotopic (exact) mass is 478 g/mol. The zero-order valence-corrected chi connectivity index (χ0v) is 18.9. The molecule has 0 aliphatic heterocycles. The lowest BCUT2D eigenvalue weighted by molar-refractivity contribution is -0.144. The molecular formula is C18H34N6O7S. The van der Waals surface area contributed by atoms with Crippen molar-refractivity contribution in [3.05, 3.63) is 0 Å². The fraction of sp³-hybridized carbons (Fsp3) is 0.722. The molecule has 0 saturated heterocycles. The Morgan fingerprint density at radius 1 is 0.906 bits per heavy atom. The average molecular weight is 479 g/mol. The number of primary amides is 1. The van der Waals surface area contributed by atoms with E-state index >= 15 is 0 Å². The van der Waals surface area contributed by atoms with Gasteiger partial charge in [0.15, 0.2) is 0 Å². The first kappa shape index (κ1) is 29.6. The second kappa shape index (κ2) is 16.2. The standard InChI is InChI=1S/C18H34N6O7S/c1-32-7-5-11(22-15(27)10(20)4-2-3-6-19)16(28)24-13(9-25)17(29)23-12(18(30)31)8-14(21)26/h10-13,25H,2-9,19-20H2,1H3,(H2,21,26)(H,22,27)(H,23,29)(H,24,28)(H,30,31). The average Bonchev–Trinajstić information content (AvgIpc) is 2.73. The predicted molar refractivity (Wildman–Crippen MR) is 118 cm³/mol. The van der Waals surface area contributed by atoms with Crippen molar-refractivity contribution >= 4 is 41.4 Å². The van der Waals surface area contributed by atoms with Gasteiger partial charge in [-0.15, -0.1) is 0 Å². The zero-order valence-electron chi connectivity index (χ0n) is 18.0. The molecule has 0 aromatic rings. The van der Waals surface area contributed by atoms with E-state index in [4.69, 9.17) is 22.3 Å². The van der Waals surface area contributed by atoms with Crippen molar-refractivity contribution in [2.45, 2.75) is 56.3 Å². The fourth-order valence-electron chi connectivity index (χ4n) is 2.56. The van der Waals surface area contributed by atoms with Crippen LogP contribution in [0.3, 0.4) is 0 Å². The number of carboxylic acids is 1. The number of aliphatic carboxylic acids is 1. The van der Waals surface area contributed by atoms with Crippen molar-refractivity contribution in [1.29, 1.82) is 0 Å². The number of carbonyl (C=O) groups is 5. The van der Waals surface area contributed by atoms with E-state index in [9.17, 15) is 29.1 Å². The van der Waals surface area contributed by atoms with Gasteiger partial charge in [0.1, 0.15) is 18.1 Å². The number of amides is 4. The molecule has 0 aromatic heterocycles. The summed E-state index contributed by atoms with van der Waals surface area (Å²) in [5.41, 5.74) is 16.2. The Balaban J connectivity index is 5.13. The first-order valence-electron chi connectivity index (χ1n) is 10.0. The van der Waals surface area contributed by atoms with Gasteiger partial charge in [0.25, 0.3) is 0 Å². The highest BCUT2D eigenvalue weighted by Crippen LogP contribution is 2.04. The van der Waals surface area contributed by atoms with Crippen LogP contribution in [-0.4, -0.2) is 89.1 Å². The number of hydrogen-bond acceptors (Lipinski definition) is 9. The van der Waals surface area contributed by atoms with Crippen LogP contribution in [-0.2, 0) is 24.0 Å². The van der Waals surface area contributed by atoms with E-state index in [2.05, 4.69) is 10.6 Å². The number of rotatable bonds is 17. The quantitative estimate of drug-likeness (QED) is 0.0963. The molecule has 11 N–H and O–H groups in total. The second-order valence-electron chi connectivity index (χ2n) is 7.05. The maximum Gasteiger partial charge on any atom is 0.326 e. The molecule has 14 heteroatoms. The summed E-state index contributed by atoms with van der Waals surface area (Å²) in [5, 5.41) is 25.4. The third-order valence-corrected chi connectivity index (χ3v) is 5.03. The maximum absolute atomic E-state index is 12.7. The molecule has 4 amide bonds. The van der Waals surface area contributed by atoms with Gasteiger partial charge >= 0.3 is 5.97 Å². The van der Waals surface area contributed by atoms with Crippen LogP contribution in [0, 0.1) is 0 Å². The van der Waals surface area contributed by atoms with Gasteiger partial charge in [-0.2, -0.15) is 11.8 Å². The van der Waals surface area contributed by atoms with Crippen LogP contribution in [0.2, 0.25) is 0 Å². The van der Waals surface area contributed by atoms with Crippen molar-refractivity contribution in [2.75, 3.05) is 25.2 Å². The summed E-state index contributed by atoms with van der Waals surface area (Å²) in [4.78, 5) is 59.4. The maximum atomic E-state index is 12.7. The van der Waals surface area contributed by atoms with Crippen molar-refractivity contribution in [2.24, 2.45) is 17.2 Å². The normalized spacial score (nSPS) is 14.5. The molecule has 0 heterocycles. The summed E-state index contributed by atoms with van der Waals surface area (Å²) in [6, 6.07) is -5.00. The largest absolute Gasteiger partial charge is 0.480 e. The molecule has 0 rings (SSSR count). The SMILES string of the molecule is CSCCC(NC(=O)C(N)CCCCN)C(=O)NC(CO)C(=O)NC(CC(N)=O)C(=O)O. The minimum absolute atomic E-state index is 0.230. The lowest BCUT2D eigenvalue weighted by atomic mass is 10.1. The Hall–Kier alpha value is -2.42. The summed E-state index contributed by atoms with van der Waals surface area (Å²) in [6.07, 6.45) is 3.12. The molecule has 4 atom stereocenters. The Morgan fingerprint density at radius 2 is 1.47 bits per heavy atom. The number of hydrogen-bond donors (Lipinski definition) is 8. The molecule has 0 saturated carbocycles. The second-order valence-corrected chi connectivity index (χ2v) is 8.03. The van der Waals surface area contributed by atoms with Crippen LogP contribution in [0.25, 0.3) is 0 Å². The van der Waals surface area contributed by atoms with Crippen LogP contribution < -0.4 is 33.2 Å². The molecule has 0 aliphatic rings. The highest BCUT2D eigenvalue weighted by molar-refractivity contribution is 7.98. The third kappa shape index (κ3) is 11.8. The van der Waals surface area contributed by atoms with Gasteiger partial charge in [-0.3, -0.25) is 19.2 Å². The number of carboxylic acid groups (broad SMARTS) is 1. The van der Waals surface area contributed by atoms with E-state index in [1.165, 1.54) is 11.8 Å². The van der Waals surface area contributed by atoms with E-state index in [0.717, 1.165) is 0 Å². The summed E-state index contributed by atoms with van der Waals surface area (Å²) >= 11 is 1.43. The lowest BCUT2D eigenvalue weighted by Gasteiger charge is -2.24. The molecule has 0 aromatic carbocycles. The number of nitrogens with two attached hydrogens (primary N) is 3. The molecule has 0 spiro atoms. The molecule has 13 nitrogen and oxygen atoms in total. The first-order chi connectivity index (χ1) is 15.1. The molecule has 0 bridgehead atoms. The minimum Gasteiger partial charge on any atom is -0.480 e. The topological polar surface area (TPSA) is 240 Å². The first-order valence-corrected chi connectivity index (χ1v) is 11.4. The van der Waals surface area contributed by atoms with Gasteiger partial charge < -0.3 is 43.4 Å². The van der Waals surface area contributed by atoms with Crippen molar-refractivity contribution in [1.82, 2.24) is 16.0 Å². The number of unbranched alkanes of at least 4 members (excludes halogenated alkanes) is 1. The predicted octanol–water partition coefficient (Wildman–Crippen LogP) is -3.40. The molecule has 184 valence electrons. The minimum atomic E-state index is -1.62. The Morgan fingerprint density at radius 3 is 1.97 bits per heavy atom. The highest BCUT2D eigenvalue weighted by atomic mass is 32.2. The molecule has 4 unspecified atom stereocenters. The van der Waals surface area contributed by atoms with Crippen LogP contribution in [0.5, 0.6) is 0 Å². The van der Waals surface area contributed by atoms with Crippen molar-refractivity contribution < 1.29 is 34.2 Å². The molecule has 0 aliphatic carbocycles. The van der Waals surface area contributed by atoms with Gasteiger partial charge in [-0.1, -0.05) is 6.42 Å². The van der Waals surface area contributed by atoms with Crippen molar-refractivity contribution in [3.63, 3.8) is 0 Å². The highest BCUT2D eigenvalue weighted by Gasteiger charge is 2.30. The molecule has 0 radical (unpaired) electrons. The van der Waals surface area contributed by atoms with E-state index in [1.54, 1.807) is 0 Å². The zero-order chi connectivity index (χ0) is 24.7. The molecular weight excluding hydrogens is 444 g/mol. The van der Waals surface area contributed by atoms with Gasteiger partial charge in [-0.05, 0) is 37.8 Å².